The summed E-state index contributed by atoms with van der Waals surface area (Å²) in [6.07, 6.45) is 5.62. The van der Waals surface area contributed by atoms with Crippen LogP contribution in [-0.4, -0.2) is 25.5 Å². The number of hydrogen-bond acceptors (Lipinski definition) is 3. The maximum absolute atomic E-state index is 12.7. The minimum Gasteiger partial charge on any atom is -0.347 e. The number of fused-ring (bicyclic) bond motifs is 1. The van der Waals surface area contributed by atoms with Gasteiger partial charge >= 0.3 is 0 Å². The second-order valence-corrected chi connectivity index (χ2v) is 7.27. The lowest BCUT2D eigenvalue weighted by Crippen LogP contribution is -2.32. The molecule has 2 aromatic rings. The number of hydrogen-bond donors (Lipinski definition) is 1. The number of carbonyl (C=O) groups is 1. The molecule has 136 valence electrons. The zero-order valence-corrected chi connectivity index (χ0v) is 16.0. The molecule has 2 aromatic heterocycles. The fraction of sp³-hybridized carbons (Fsp3) is 0.632. The summed E-state index contributed by atoms with van der Waals surface area (Å²) >= 11 is 0. The van der Waals surface area contributed by atoms with Crippen molar-refractivity contribution in [1.29, 1.82) is 0 Å². The molecule has 0 saturated carbocycles. The second kappa shape index (κ2) is 7.02. The van der Waals surface area contributed by atoms with Crippen molar-refractivity contribution in [2.75, 3.05) is 0 Å². The molecular weight excluding hydrogens is 314 g/mol. The Morgan fingerprint density at radius 2 is 2.12 bits per heavy atom. The first-order valence-corrected chi connectivity index (χ1v) is 9.30. The van der Waals surface area contributed by atoms with Gasteiger partial charge in [0.1, 0.15) is 0 Å². The molecule has 2 heterocycles. The van der Waals surface area contributed by atoms with Gasteiger partial charge in [0.2, 0.25) is 5.91 Å². The standard InChI is InChI=1S/C19H29N5O/c1-6-23-14(5)16(13(4)21-23)10-18(25)20-17-9-7-8-15-11-24(12(2)3)22-19(15)17/h11-12,17H,6-10H2,1-5H3,(H,20,25). The van der Waals surface area contributed by atoms with Crippen LogP contribution < -0.4 is 5.32 Å². The molecule has 6 nitrogen and oxygen atoms in total. The molecule has 1 atom stereocenters. The predicted octanol–water partition coefficient (Wildman–Crippen LogP) is 3.03. The van der Waals surface area contributed by atoms with Gasteiger partial charge in [-0.15, -0.1) is 0 Å². The molecule has 1 aliphatic carbocycles. The van der Waals surface area contributed by atoms with Crippen LogP contribution in [0.15, 0.2) is 6.20 Å². The van der Waals surface area contributed by atoms with Crippen LogP contribution in [0.3, 0.4) is 0 Å². The van der Waals surface area contributed by atoms with Crippen LogP contribution in [0.1, 0.15) is 73.9 Å². The van der Waals surface area contributed by atoms with Crippen LogP contribution in [-0.2, 0) is 24.2 Å². The number of nitrogens with one attached hydrogen (secondary N) is 1. The van der Waals surface area contributed by atoms with E-state index in [0.717, 1.165) is 48.5 Å². The lowest BCUT2D eigenvalue weighted by molar-refractivity contribution is -0.121. The van der Waals surface area contributed by atoms with E-state index in [1.807, 2.05) is 23.2 Å². The summed E-state index contributed by atoms with van der Waals surface area (Å²) < 4.78 is 3.97. The first-order valence-electron chi connectivity index (χ1n) is 9.30. The van der Waals surface area contributed by atoms with Gasteiger partial charge in [0.25, 0.3) is 0 Å². The fourth-order valence-electron chi connectivity index (χ4n) is 3.67. The van der Waals surface area contributed by atoms with Crippen LogP contribution in [0.2, 0.25) is 0 Å². The van der Waals surface area contributed by atoms with Crippen LogP contribution in [0.5, 0.6) is 0 Å². The molecule has 1 aliphatic rings. The van der Waals surface area contributed by atoms with Crippen molar-refractivity contribution < 1.29 is 4.79 Å². The SMILES string of the molecule is CCn1nc(C)c(CC(=O)NC2CCCc3cn(C(C)C)nc32)c1C. The van der Waals surface area contributed by atoms with Crippen molar-refractivity contribution in [1.82, 2.24) is 24.9 Å². The molecule has 0 fully saturated rings. The number of aromatic nitrogens is 4. The average Bonchev–Trinajstić information content (AvgIpc) is 3.12. The summed E-state index contributed by atoms with van der Waals surface area (Å²) in [4.78, 5) is 12.7. The van der Waals surface area contributed by atoms with E-state index in [0.29, 0.717) is 12.5 Å². The molecule has 1 N–H and O–H groups in total. The lowest BCUT2D eigenvalue weighted by Gasteiger charge is -2.22. The largest absolute Gasteiger partial charge is 0.347 e. The van der Waals surface area contributed by atoms with Gasteiger partial charge in [-0.1, -0.05) is 0 Å². The molecular formula is C19H29N5O. The first kappa shape index (κ1) is 17.7. The zero-order valence-electron chi connectivity index (χ0n) is 16.0. The maximum Gasteiger partial charge on any atom is 0.225 e. The van der Waals surface area contributed by atoms with Crippen LogP contribution in [0, 0.1) is 13.8 Å². The van der Waals surface area contributed by atoms with Gasteiger partial charge in [-0.3, -0.25) is 14.2 Å². The van der Waals surface area contributed by atoms with Gasteiger partial charge in [0.05, 0.1) is 23.9 Å². The number of rotatable bonds is 5. The van der Waals surface area contributed by atoms with Crippen molar-refractivity contribution in [2.45, 2.75) is 78.9 Å². The maximum atomic E-state index is 12.7. The van der Waals surface area contributed by atoms with Gasteiger partial charge in [-0.2, -0.15) is 10.2 Å². The van der Waals surface area contributed by atoms with Crippen molar-refractivity contribution in [3.8, 4) is 0 Å². The summed E-state index contributed by atoms with van der Waals surface area (Å²) in [6.45, 7) is 11.2. The molecule has 6 heteroatoms. The van der Waals surface area contributed by atoms with E-state index in [4.69, 9.17) is 5.10 Å². The summed E-state index contributed by atoms with van der Waals surface area (Å²) in [6, 6.07) is 0.366. The molecule has 0 bridgehead atoms. The zero-order chi connectivity index (χ0) is 18.1. The van der Waals surface area contributed by atoms with E-state index >= 15 is 0 Å². The summed E-state index contributed by atoms with van der Waals surface area (Å²) in [7, 11) is 0. The topological polar surface area (TPSA) is 64.7 Å². The molecule has 0 radical (unpaired) electrons. The molecule has 1 amide bonds. The molecule has 3 rings (SSSR count). The third kappa shape index (κ3) is 3.48. The Morgan fingerprint density at radius 3 is 2.76 bits per heavy atom. The Bertz CT molecular complexity index is 771. The van der Waals surface area contributed by atoms with Gasteiger partial charge in [0.15, 0.2) is 0 Å². The highest BCUT2D eigenvalue weighted by atomic mass is 16.1. The molecule has 0 aliphatic heterocycles. The van der Waals surface area contributed by atoms with E-state index in [2.05, 4.69) is 37.4 Å². The van der Waals surface area contributed by atoms with Crippen LogP contribution in [0.4, 0.5) is 0 Å². The number of aryl methyl sites for hydroxylation is 3. The molecule has 0 saturated heterocycles. The minimum absolute atomic E-state index is 0.0260. The van der Waals surface area contributed by atoms with Gasteiger partial charge in [-0.05, 0) is 59.4 Å². The Hall–Kier alpha value is -2.11. The third-order valence-electron chi connectivity index (χ3n) is 5.14. The van der Waals surface area contributed by atoms with Gasteiger partial charge in [-0.25, -0.2) is 0 Å². The monoisotopic (exact) mass is 343 g/mol. The summed E-state index contributed by atoms with van der Waals surface area (Å²) in [5, 5.41) is 12.4. The summed E-state index contributed by atoms with van der Waals surface area (Å²) in [5.41, 5.74) is 5.40. The molecule has 25 heavy (non-hydrogen) atoms. The van der Waals surface area contributed by atoms with Gasteiger partial charge < -0.3 is 5.32 Å². The Kier molecular flexibility index (Phi) is 4.97. The van der Waals surface area contributed by atoms with E-state index in [-0.39, 0.29) is 11.9 Å². The van der Waals surface area contributed by atoms with E-state index < -0.39 is 0 Å². The Balaban J connectivity index is 1.73. The van der Waals surface area contributed by atoms with Crippen molar-refractivity contribution in [2.24, 2.45) is 0 Å². The highest BCUT2D eigenvalue weighted by molar-refractivity contribution is 5.79. The lowest BCUT2D eigenvalue weighted by atomic mass is 9.93. The molecule has 0 aromatic carbocycles. The quantitative estimate of drug-likeness (QED) is 0.907. The van der Waals surface area contributed by atoms with Crippen LogP contribution >= 0.6 is 0 Å². The van der Waals surface area contributed by atoms with Crippen molar-refractivity contribution in [3.63, 3.8) is 0 Å². The Labute approximate surface area is 149 Å². The number of carbonyl (C=O) groups excluding carboxylic acids is 1. The van der Waals surface area contributed by atoms with E-state index in [1.165, 1.54) is 5.56 Å². The second-order valence-electron chi connectivity index (χ2n) is 7.27. The van der Waals surface area contributed by atoms with Crippen molar-refractivity contribution >= 4 is 5.91 Å². The fourth-order valence-corrected chi connectivity index (χ4v) is 3.67. The molecule has 1 unspecified atom stereocenters. The highest BCUT2D eigenvalue weighted by Gasteiger charge is 2.26. The predicted molar refractivity (Wildman–Crippen MR) is 97.5 cm³/mol. The van der Waals surface area contributed by atoms with Gasteiger partial charge in [0, 0.05) is 30.0 Å². The van der Waals surface area contributed by atoms with Crippen LogP contribution in [0.25, 0.3) is 0 Å². The van der Waals surface area contributed by atoms with E-state index in [9.17, 15) is 4.79 Å². The smallest absolute Gasteiger partial charge is 0.225 e. The summed E-state index contributed by atoms with van der Waals surface area (Å²) in [5.74, 6) is 0.0544. The number of amides is 1. The normalized spacial score (nSPS) is 17.0. The average molecular weight is 343 g/mol. The third-order valence-corrected chi connectivity index (χ3v) is 5.14. The Morgan fingerprint density at radius 1 is 1.36 bits per heavy atom. The highest BCUT2D eigenvalue weighted by Crippen LogP contribution is 2.29. The molecule has 0 spiro atoms. The van der Waals surface area contributed by atoms with Crippen molar-refractivity contribution in [3.05, 3.63) is 34.4 Å². The minimum atomic E-state index is 0.0260. The number of nitrogens with zero attached hydrogens (tertiary/aromatic N) is 4. The first-order chi connectivity index (χ1) is 11.9. The van der Waals surface area contributed by atoms with E-state index in [1.54, 1.807) is 0 Å².